The number of hydrogen-bond donors (Lipinski definition) is 2. The summed E-state index contributed by atoms with van der Waals surface area (Å²) in [6, 6.07) is 16.2. The van der Waals surface area contributed by atoms with Gasteiger partial charge in [0.15, 0.2) is 0 Å². The number of amides is 1. The van der Waals surface area contributed by atoms with E-state index in [1.54, 1.807) is 31.2 Å². The highest BCUT2D eigenvalue weighted by molar-refractivity contribution is 6.05. The third-order valence-corrected chi connectivity index (χ3v) is 3.32. The molecule has 0 aliphatic heterocycles. The Hall–Kier alpha value is -2.82. The molecule has 2 aromatic rings. The molecule has 2 aromatic carbocycles. The Balaban J connectivity index is 2.15. The van der Waals surface area contributed by atoms with Gasteiger partial charge >= 0.3 is 5.97 Å². The lowest BCUT2D eigenvalue weighted by atomic mass is 9.98. The number of benzene rings is 2. The largest absolute Gasteiger partial charge is 0.465 e. The Labute approximate surface area is 135 Å². The molecule has 2 rings (SSSR count). The number of anilines is 2. The summed E-state index contributed by atoms with van der Waals surface area (Å²) in [4.78, 5) is 24.6. The van der Waals surface area contributed by atoms with Crippen LogP contribution in [-0.4, -0.2) is 18.5 Å². The number of nitrogens with one attached hydrogen (secondary N) is 1. The van der Waals surface area contributed by atoms with Gasteiger partial charge in [0.2, 0.25) is 5.91 Å². The van der Waals surface area contributed by atoms with Gasteiger partial charge in [0.25, 0.3) is 0 Å². The molecule has 5 nitrogen and oxygen atoms in total. The van der Waals surface area contributed by atoms with E-state index in [4.69, 9.17) is 10.5 Å². The van der Waals surface area contributed by atoms with Crippen molar-refractivity contribution >= 4 is 23.3 Å². The predicted octanol–water partition coefficient (Wildman–Crippen LogP) is 2.63. The lowest BCUT2D eigenvalue weighted by Crippen LogP contribution is -2.33. The molecule has 0 aliphatic rings. The summed E-state index contributed by atoms with van der Waals surface area (Å²) in [5.41, 5.74) is 7.69. The summed E-state index contributed by atoms with van der Waals surface area (Å²) in [6.07, 6.45) is 0.286. The molecule has 1 unspecified atom stereocenters. The Bertz CT molecular complexity index is 671. The number of ether oxygens (including phenoxy) is 1. The molecule has 1 atom stereocenters. The van der Waals surface area contributed by atoms with E-state index in [1.165, 1.54) is 0 Å². The molecule has 3 N–H and O–H groups in total. The van der Waals surface area contributed by atoms with Crippen molar-refractivity contribution in [1.29, 1.82) is 0 Å². The highest BCUT2D eigenvalue weighted by atomic mass is 16.5. The van der Waals surface area contributed by atoms with Crippen LogP contribution < -0.4 is 11.1 Å². The molecule has 0 radical (unpaired) electrons. The van der Waals surface area contributed by atoms with Gasteiger partial charge in [0.05, 0.1) is 6.61 Å². The molecular weight excluding hydrogens is 292 g/mol. The van der Waals surface area contributed by atoms with Crippen molar-refractivity contribution in [2.45, 2.75) is 13.3 Å². The maximum atomic E-state index is 12.5. The van der Waals surface area contributed by atoms with Gasteiger partial charge in [-0.25, -0.2) is 0 Å². The van der Waals surface area contributed by atoms with Crippen molar-refractivity contribution in [1.82, 2.24) is 0 Å². The summed E-state index contributed by atoms with van der Waals surface area (Å²) in [5, 5.41) is 2.72. The molecule has 1 amide bonds. The summed E-state index contributed by atoms with van der Waals surface area (Å²) in [5.74, 6) is -1.84. The molecule has 0 aromatic heterocycles. The van der Waals surface area contributed by atoms with Crippen LogP contribution >= 0.6 is 0 Å². The quantitative estimate of drug-likeness (QED) is 0.488. The average molecular weight is 312 g/mol. The van der Waals surface area contributed by atoms with E-state index in [-0.39, 0.29) is 13.0 Å². The number of hydrogen-bond acceptors (Lipinski definition) is 4. The highest BCUT2D eigenvalue weighted by Gasteiger charge is 2.28. The van der Waals surface area contributed by atoms with Crippen LogP contribution in [-0.2, 0) is 20.7 Å². The normalized spacial score (nSPS) is 11.5. The van der Waals surface area contributed by atoms with E-state index in [1.807, 2.05) is 30.3 Å². The molecule has 0 bridgehead atoms. The van der Waals surface area contributed by atoms with Crippen molar-refractivity contribution < 1.29 is 14.3 Å². The molecule has 0 heterocycles. The number of esters is 1. The summed E-state index contributed by atoms with van der Waals surface area (Å²) < 4.78 is 5.03. The first-order valence-electron chi connectivity index (χ1n) is 7.47. The van der Waals surface area contributed by atoms with Gasteiger partial charge in [0, 0.05) is 11.4 Å². The minimum Gasteiger partial charge on any atom is -0.465 e. The smallest absolute Gasteiger partial charge is 0.318 e. The molecule has 5 heteroatoms. The van der Waals surface area contributed by atoms with Crippen molar-refractivity contribution in [3.8, 4) is 0 Å². The SMILES string of the molecule is CCOC(=O)C(Cc1ccccc1)C(=O)Nc1cccc(N)c1. The van der Waals surface area contributed by atoms with E-state index < -0.39 is 17.8 Å². The molecular formula is C18H20N2O3. The van der Waals surface area contributed by atoms with Gasteiger partial charge in [-0.3, -0.25) is 9.59 Å². The third kappa shape index (κ3) is 4.85. The topological polar surface area (TPSA) is 81.4 Å². The zero-order chi connectivity index (χ0) is 16.7. The maximum absolute atomic E-state index is 12.5. The minimum atomic E-state index is -0.904. The van der Waals surface area contributed by atoms with Crippen molar-refractivity contribution in [2.24, 2.45) is 5.92 Å². The molecule has 0 saturated carbocycles. The molecule has 120 valence electrons. The van der Waals surface area contributed by atoms with Crippen LogP contribution in [0.1, 0.15) is 12.5 Å². The molecule has 23 heavy (non-hydrogen) atoms. The summed E-state index contributed by atoms with van der Waals surface area (Å²) in [6.45, 7) is 1.95. The van der Waals surface area contributed by atoms with Crippen LogP contribution in [0.5, 0.6) is 0 Å². The Morgan fingerprint density at radius 3 is 2.52 bits per heavy atom. The van der Waals surface area contributed by atoms with Gasteiger partial charge in [-0.2, -0.15) is 0 Å². The maximum Gasteiger partial charge on any atom is 0.318 e. The zero-order valence-electron chi connectivity index (χ0n) is 13.0. The Morgan fingerprint density at radius 2 is 1.87 bits per heavy atom. The fourth-order valence-corrected chi connectivity index (χ4v) is 2.22. The Morgan fingerprint density at radius 1 is 1.13 bits per heavy atom. The van der Waals surface area contributed by atoms with E-state index in [0.29, 0.717) is 11.4 Å². The lowest BCUT2D eigenvalue weighted by Gasteiger charge is -2.16. The lowest BCUT2D eigenvalue weighted by molar-refractivity contribution is -0.150. The standard InChI is InChI=1S/C18H20N2O3/c1-2-23-18(22)16(11-13-7-4-3-5-8-13)17(21)20-15-10-6-9-14(19)12-15/h3-10,12,16H,2,11,19H2,1H3,(H,20,21). The Kier molecular flexibility index (Phi) is 5.74. The first-order valence-corrected chi connectivity index (χ1v) is 7.47. The fraction of sp³-hybridized carbons (Fsp3) is 0.222. The number of carbonyl (C=O) groups is 2. The van der Waals surface area contributed by atoms with E-state index in [2.05, 4.69) is 5.32 Å². The van der Waals surface area contributed by atoms with Crippen LogP contribution in [0.3, 0.4) is 0 Å². The second-order valence-electron chi connectivity index (χ2n) is 5.11. The monoisotopic (exact) mass is 312 g/mol. The van der Waals surface area contributed by atoms with Crippen LogP contribution in [0, 0.1) is 5.92 Å². The average Bonchev–Trinajstić information content (AvgIpc) is 2.53. The van der Waals surface area contributed by atoms with Crippen LogP contribution in [0.25, 0.3) is 0 Å². The third-order valence-electron chi connectivity index (χ3n) is 3.32. The summed E-state index contributed by atoms with van der Waals surface area (Å²) in [7, 11) is 0. The van der Waals surface area contributed by atoms with E-state index >= 15 is 0 Å². The van der Waals surface area contributed by atoms with Crippen LogP contribution in [0.2, 0.25) is 0 Å². The second-order valence-corrected chi connectivity index (χ2v) is 5.11. The van der Waals surface area contributed by atoms with Gasteiger partial charge in [0.1, 0.15) is 5.92 Å². The van der Waals surface area contributed by atoms with Gasteiger partial charge in [-0.15, -0.1) is 0 Å². The summed E-state index contributed by atoms with van der Waals surface area (Å²) >= 11 is 0. The number of nitrogen functional groups attached to an aromatic ring is 1. The van der Waals surface area contributed by atoms with Crippen molar-refractivity contribution in [3.05, 3.63) is 60.2 Å². The fourth-order valence-electron chi connectivity index (χ4n) is 2.22. The van der Waals surface area contributed by atoms with Crippen molar-refractivity contribution in [2.75, 3.05) is 17.7 Å². The van der Waals surface area contributed by atoms with Gasteiger partial charge < -0.3 is 15.8 Å². The van der Waals surface area contributed by atoms with Crippen molar-refractivity contribution in [3.63, 3.8) is 0 Å². The first-order chi connectivity index (χ1) is 11.1. The predicted molar refractivity (Wildman–Crippen MR) is 89.8 cm³/mol. The molecule has 0 spiro atoms. The minimum absolute atomic E-state index is 0.232. The van der Waals surface area contributed by atoms with E-state index in [9.17, 15) is 9.59 Å². The van der Waals surface area contributed by atoms with E-state index in [0.717, 1.165) is 5.56 Å². The second kappa shape index (κ2) is 7.98. The van der Waals surface area contributed by atoms with Crippen LogP contribution in [0.4, 0.5) is 11.4 Å². The number of rotatable bonds is 6. The number of carbonyl (C=O) groups excluding carboxylic acids is 2. The molecule has 0 saturated heterocycles. The van der Waals surface area contributed by atoms with Gasteiger partial charge in [-0.05, 0) is 37.1 Å². The number of nitrogens with two attached hydrogens (primary N) is 1. The van der Waals surface area contributed by atoms with Crippen LogP contribution in [0.15, 0.2) is 54.6 Å². The molecule has 0 aliphatic carbocycles. The highest BCUT2D eigenvalue weighted by Crippen LogP contribution is 2.16. The molecule has 0 fully saturated rings. The zero-order valence-corrected chi connectivity index (χ0v) is 13.0. The first kappa shape index (κ1) is 16.5. The van der Waals surface area contributed by atoms with Gasteiger partial charge in [-0.1, -0.05) is 36.4 Å².